The van der Waals surface area contributed by atoms with Crippen molar-refractivity contribution in [2.75, 3.05) is 13.1 Å². The second kappa shape index (κ2) is 9.68. The number of carbonyl (C=O) groups is 2. The van der Waals surface area contributed by atoms with Gasteiger partial charge in [-0.05, 0) is 36.6 Å². The predicted octanol–water partition coefficient (Wildman–Crippen LogP) is 1.86. The van der Waals surface area contributed by atoms with Crippen LogP contribution < -0.4 is 11.1 Å². The quantitative estimate of drug-likeness (QED) is 0.757. The largest absolute Gasteiger partial charge is 0.350 e. The Morgan fingerprint density at radius 3 is 2.35 bits per heavy atom. The summed E-state index contributed by atoms with van der Waals surface area (Å²) in [5, 5.41) is 2.73. The molecule has 6 heteroatoms. The van der Waals surface area contributed by atoms with Crippen molar-refractivity contribution < 1.29 is 14.0 Å². The molecule has 0 aliphatic heterocycles. The number of nitrogens with one attached hydrogen (secondary N) is 1. The summed E-state index contributed by atoms with van der Waals surface area (Å²) in [6.07, 6.45) is 0.424. The Morgan fingerprint density at radius 2 is 1.73 bits per heavy atom. The van der Waals surface area contributed by atoms with Crippen molar-refractivity contribution in [2.24, 2.45) is 5.73 Å². The van der Waals surface area contributed by atoms with Crippen LogP contribution >= 0.6 is 0 Å². The van der Waals surface area contributed by atoms with Gasteiger partial charge in [0, 0.05) is 13.1 Å². The van der Waals surface area contributed by atoms with Crippen LogP contribution in [-0.4, -0.2) is 35.8 Å². The summed E-state index contributed by atoms with van der Waals surface area (Å²) >= 11 is 0. The number of benzene rings is 2. The molecule has 0 aliphatic rings. The Hall–Kier alpha value is -2.73. The summed E-state index contributed by atoms with van der Waals surface area (Å²) in [5.74, 6) is -0.861. The maximum atomic E-state index is 12.9. The zero-order valence-electron chi connectivity index (χ0n) is 14.8. The molecule has 2 amide bonds. The van der Waals surface area contributed by atoms with Crippen LogP contribution in [0.15, 0.2) is 54.6 Å². The summed E-state index contributed by atoms with van der Waals surface area (Å²) in [6.45, 7) is 2.42. The molecule has 26 heavy (non-hydrogen) atoms. The van der Waals surface area contributed by atoms with Gasteiger partial charge in [-0.3, -0.25) is 9.59 Å². The molecule has 2 rings (SSSR count). The van der Waals surface area contributed by atoms with Crippen molar-refractivity contribution >= 4 is 11.8 Å². The van der Waals surface area contributed by atoms with Gasteiger partial charge >= 0.3 is 0 Å². The van der Waals surface area contributed by atoms with Crippen LogP contribution in [0.25, 0.3) is 0 Å². The van der Waals surface area contributed by atoms with Crippen LogP contribution in [0.4, 0.5) is 4.39 Å². The molecule has 0 saturated carbocycles. The van der Waals surface area contributed by atoms with Crippen LogP contribution in [0.1, 0.15) is 18.1 Å². The average molecular weight is 357 g/mol. The van der Waals surface area contributed by atoms with Crippen LogP contribution in [0, 0.1) is 5.82 Å². The molecule has 0 aromatic heterocycles. The first-order valence-corrected chi connectivity index (χ1v) is 8.59. The highest BCUT2D eigenvalue weighted by atomic mass is 19.1. The van der Waals surface area contributed by atoms with E-state index in [0.717, 1.165) is 11.1 Å². The van der Waals surface area contributed by atoms with E-state index < -0.39 is 6.04 Å². The lowest BCUT2D eigenvalue weighted by molar-refractivity contribution is -0.136. The fourth-order valence-corrected chi connectivity index (χ4v) is 2.57. The lowest BCUT2D eigenvalue weighted by Crippen LogP contribution is -2.48. The molecule has 0 saturated heterocycles. The molecule has 0 radical (unpaired) electrons. The van der Waals surface area contributed by atoms with Crippen molar-refractivity contribution in [3.8, 4) is 0 Å². The maximum Gasteiger partial charge on any atom is 0.240 e. The van der Waals surface area contributed by atoms with E-state index in [2.05, 4.69) is 5.32 Å². The van der Waals surface area contributed by atoms with Gasteiger partial charge in [0.1, 0.15) is 5.82 Å². The van der Waals surface area contributed by atoms with Gasteiger partial charge in [0.2, 0.25) is 11.8 Å². The minimum Gasteiger partial charge on any atom is -0.350 e. The van der Waals surface area contributed by atoms with Gasteiger partial charge in [-0.2, -0.15) is 0 Å². The molecule has 0 bridgehead atoms. The summed E-state index contributed by atoms with van der Waals surface area (Å²) in [6, 6.07) is 14.7. The molecular formula is C20H24FN3O2. The zero-order valence-corrected chi connectivity index (χ0v) is 14.8. The Bertz CT molecular complexity index is 720. The number of hydrogen-bond donors (Lipinski definition) is 2. The Labute approximate surface area is 153 Å². The highest BCUT2D eigenvalue weighted by Crippen LogP contribution is 2.05. The van der Waals surface area contributed by atoms with Gasteiger partial charge in [-0.25, -0.2) is 4.39 Å². The van der Waals surface area contributed by atoms with E-state index >= 15 is 0 Å². The third-order valence-electron chi connectivity index (χ3n) is 4.05. The summed E-state index contributed by atoms with van der Waals surface area (Å²) < 4.78 is 12.9. The number of nitrogens with two attached hydrogens (primary N) is 1. The minimum atomic E-state index is -0.692. The van der Waals surface area contributed by atoms with Gasteiger partial charge in [-0.1, -0.05) is 42.5 Å². The van der Waals surface area contributed by atoms with Crippen LogP contribution in [-0.2, 0) is 22.6 Å². The molecule has 0 aliphatic carbocycles. The monoisotopic (exact) mass is 357 g/mol. The normalized spacial score (nSPS) is 11.7. The van der Waals surface area contributed by atoms with Crippen molar-refractivity contribution in [2.45, 2.75) is 25.9 Å². The van der Waals surface area contributed by atoms with Crippen molar-refractivity contribution in [1.82, 2.24) is 10.2 Å². The first kappa shape index (κ1) is 19.6. The molecule has 0 fully saturated rings. The smallest absolute Gasteiger partial charge is 0.240 e. The van der Waals surface area contributed by atoms with Gasteiger partial charge < -0.3 is 16.0 Å². The minimum absolute atomic E-state index is 0.0565. The molecule has 3 N–H and O–H groups in total. The lowest BCUT2D eigenvalue weighted by Gasteiger charge is -2.24. The van der Waals surface area contributed by atoms with Crippen molar-refractivity contribution in [1.29, 1.82) is 0 Å². The van der Waals surface area contributed by atoms with Gasteiger partial charge in [0.15, 0.2) is 0 Å². The second-order valence-corrected chi connectivity index (χ2v) is 6.05. The molecule has 1 atom stereocenters. The van der Waals surface area contributed by atoms with E-state index in [0.29, 0.717) is 13.0 Å². The van der Waals surface area contributed by atoms with E-state index in [1.54, 1.807) is 19.1 Å². The molecule has 2 aromatic rings. The topological polar surface area (TPSA) is 75.4 Å². The molecule has 0 spiro atoms. The third kappa shape index (κ3) is 5.97. The number of amides is 2. The van der Waals surface area contributed by atoms with Crippen LogP contribution in [0.2, 0.25) is 0 Å². The molecule has 0 heterocycles. The van der Waals surface area contributed by atoms with E-state index in [-0.39, 0.29) is 30.7 Å². The number of rotatable bonds is 8. The first-order chi connectivity index (χ1) is 12.5. The van der Waals surface area contributed by atoms with Crippen molar-refractivity contribution in [3.63, 3.8) is 0 Å². The molecular weight excluding hydrogens is 333 g/mol. The molecule has 2 aromatic carbocycles. The summed E-state index contributed by atoms with van der Waals surface area (Å²) in [5.41, 5.74) is 7.79. The predicted molar refractivity (Wildman–Crippen MR) is 98.6 cm³/mol. The van der Waals surface area contributed by atoms with Crippen LogP contribution in [0.3, 0.4) is 0 Å². The highest BCUT2D eigenvalue weighted by Gasteiger charge is 2.22. The van der Waals surface area contributed by atoms with E-state index in [9.17, 15) is 14.0 Å². The van der Waals surface area contributed by atoms with Gasteiger partial charge in [-0.15, -0.1) is 0 Å². The average Bonchev–Trinajstić information content (AvgIpc) is 2.66. The highest BCUT2D eigenvalue weighted by molar-refractivity contribution is 5.87. The third-order valence-corrected chi connectivity index (χ3v) is 4.05. The molecule has 0 unspecified atom stereocenters. The Balaban J connectivity index is 1.85. The fourth-order valence-electron chi connectivity index (χ4n) is 2.57. The Kier molecular flexibility index (Phi) is 7.29. The van der Waals surface area contributed by atoms with Crippen LogP contribution in [0.5, 0.6) is 0 Å². The van der Waals surface area contributed by atoms with Crippen molar-refractivity contribution in [3.05, 3.63) is 71.5 Å². The standard InChI is InChI=1S/C20H24FN3O2/c1-2-24(20(26)18(22)12-15-6-4-3-5-7-15)14-19(25)23-13-16-8-10-17(21)11-9-16/h3-11,18H,2,12-14,22H2,1H3,(H,23,25)/t18-/m0/s1. The number of nitrogens with zero attached hydrogens (tertiary/aromatic N) is 1. The maximum absolute atomic E-state index is 12.9. The number of carbonyl (C=O) groups excluding carboxylic acids is 2. The van der Waals surface area contributed by atoms with E-state index in [4.69, 9.17) is 5.73 Å². The summed E-state index contributed by atoms with van der Waals surface area (Å²) in [7, 11) is 0. The Morgan fingerprint density at radius 1 is 1.08 bits per heavy atom. The fraction of sp³-hybridized carbons (Fsp3) is 0.300. The van der Waals surface area contributed by atoms with E-state index in [1.165, 1.54) is 17.0 Å². The van der Waals surface area contributed by atoms with Gasteiger partial charge in [0.25, 0.3) is 0 Å². The van der Waals surface area contributed by atoms with Gasteiger partial charge in [0.05, 0.1) is 12.6 Å². The first-order valence-electron chi connectivity index (χ1n) is 8.59. The molecule has 5 nitrogen and oxygen atoms in total. The number of hydrogen-bond acceptors (Lipinski definition) is 3. The van der Waals surface area contributed by atoms with E-state index in [1.807, 2.05) is 30.3 Å². The number of likely N-dealkylation sites (N-methyl/N-ethyl adjacent to an activating group) is 1. The number of halogens is 1. The summed E-state index contributed by atoms with van der Waals surface area (Å²) in [4.78, 5) is 26.1. The molecule has 138 valence electrons. The second-order valence-electron chi connectivity index (χ2n) is 6.05. The zero-order chi connectivity index (χ0) is 18.9. The lowest BCUT2D eigenvalue weighted by atomic mass is 10.1. The SMILES string of the molecule is CCN(CC(=O)NCc1ccc(F)cc1)C(=O)[C@@H](N)Cc1ccccc1.